The molecule has 1 amide bonds. The van der Waals surface area contributed by atoms with Crippen LogP contribution in [-0.4, -0.2) is 33.9 Å². The molecule has 0 saturated carbocycles. The van der Waals surface area contributed by atoms with Gasteiger partial charge in [0.25, 0.3) is 0 Å². The van der Waals surface area contributed by atoms with Gasteiger partial charge in [-0.15, -0.1) is 0 Å². The Morgan fingerprint density at radius 2 is 2.04 bits per heavy atom. The molecule has 0 bridgehead atoms. The number of benzene rings is 1. The lowest BCUT2D eigenvalue weighted by atomic mass is 10.1. The highest BCUT2D eigenvalue weighted by Crippen LogP contribution is 2.33. The van der Waals surface area contributed by atoms with E-state index in [4.69, 9.17) is 10.5 Å². The number of nitrogens with two attached hydrogens (primary N) is 1. The number of fused-ring (bicyclic) bond motifs is 1. The molecule has 1 aliphatic carbocycles. The monoisotopic (exact) mass is 312 g/mol. The van der Waals surface area contributed by atoms with Gasteiger partial charge in [-0.3, -0.25) is 4.79 Å². The van der Waals surface area contributed by atoms with Crippen molar-refractivity contribution in [2.24, 2.45) is 5.73 Å². The molecule has 0 radical (unpaired) electrons. The molecule has 1 saturated heterocycles. The molecule has 0 spiro atoms. The Morgan fingerprint density at radius 1 is 1.30 bits per heavy atom. The Hall–Kier alpha value is -2.21. The lowest BCUT2D eigenvalue weighted by molar-refractivity contribution is -0.117. The number of primary amides is 1. The topological polar surface area (TPSA) is 83.0 Å². The fourth-order valence-electron chi connectivity index (χ4n) is 3.61. The Morgan fingerprint density at radius 3 is 2.65 bits per heavy atom. The number of carbonyl (C=O) groups is 1. The van der Waals surface area contributed by atoms with Crippen molar-refractivity contribution in [2.45, 2.75) is 37.6 Å². The first-order chi connectivity index (χ1) is 11.2. The minimum Gasteiger partial charge on any atom is -0.381 e. The molecule has 4 rings (SSSR count). The molecule has 2 aromatic rings. The number of nitrogens with zero attached hydrogens (tertiary/aromatic N) is 3. The number of ether oxygens (including phenoxy) is 1. The van der Waals surface area contributed by atoms with Gasteiger partial charge < -0.3 is 10.5 Å². The first kappa shape index (κ1) is 14.4. The number of carbonyl (C=O) groups excluding carboxylic acids is 1. The van der Waals surface area contributed by atoms with Crippen molar-refractivity contribution in [2.75, 3.05) is 13.2 Å². The number of hydrogen-bond acceptors (Lipinski definition) is 4. The van der Waals surface area contributed by atoms with Crippen LogP contribution in [0, 0.1) is 0 Å². The molecule has 120 valence electrons. The lowest BCUT2D eigenvalue weighted by Crippen LogP contribution is -2.17. The van der Waals surface area contributed by atoms with Crippen LogP contribution < -0.4 is 5.73 Å². The molecule has 1 aromatic carbocycles. The molecule has 1 atom stereocenters. The Kier molecular flexibility index (Phi) is 3.61. The van der Waals surface area contributed by atoms with Crippen LogP contribution in [0.1, 0.15) is 41.2 Å². The van der Waals surface area contributed by atoms with Gasteiger partial charge in [0.15, 0.2) is 5.82 Å². The van der Waals surface area contributed by atoms with Crippen LogP contribution in [-0.2, 0) is 28.8 Å². The summed E-state index contributed by atoms with van der Waals surface area (Å²) in [6, 6.07) is 8.76. The second kappa shape index (κ2) is 5.77. The largest absolute Gasteiger partial charge is 0.381 e. The third-order valence-electron chi connectivity index (χ3n) is 4.70. The van der Waals surface area contributed by atoms with E-state index in [1.54, 1.807) is 0 Å². The molecule has 1 aliphatic heterocycles. The van der Waals surface area contributed by atoms with E-state index in [0.717, 1.165) is 31.7 Å². The fourth-order valence-corrected chi connectivity index (χ4v) is 3.61. The summed E-state index contributed by atoms with van der Waals surface area (Å²) in [5.41, 5.74) is 8.05. The van der Waals surface area contributed by atoms with E-state index in [1.165, 1.54) is 11.1 Å². The van der Waals surface area contributed by atoms with Gasteiger partial charge in [0.1, 0.15) is 5.82 Å². The maximum absolute atomic E-state index is 11.2. The summed E-state index contributed by atoms with van der Waals surface area (Å²) in [5, 5.41) is 4.61. The summed E-state index contributed by atoms with van der Waals surface area (Å²) in [6.07, 6.45) is 2.95. The van der Waals surface area contributed by atoms with Gasteiger partial charge in [-0.05, 0) is 30.4 Å². The molecule has 23 heavy (non-hydrogen) atoms. The van der Waals surface area contributed by atoms with Gasteiger partial charge in [0.2, 0.25) is 5.91 Å². The van der Waals surface area contributed by atoms with Gasteiger partial charge in [-0.1, -0.05) is 24.3 Å². The van der Waals surface area contributed by atoms with Crippen LogP contribution in [0.25, 0.3) is 0 Å². The van der Waals surface area contributed by atoms with Crippen molar-refractivity contribution in [3.63, 3.8) is 0 Å². The van der Waals surface area contributed by atoms with Crippen molar-refractivity contribution in [1.82, 2.24) is 14.8 Å². The van der Waals surface area contributed by atoms with Gasteiger partial charge in [-0.25, -0.2) is 9.67 Å². The van der Waals surface area contributed by atoms with Crippen molar-refractivity contribution < 1.29 is 9.53 Å². The summed E-state index contributed by atoms with van der Waals surface area (Å²) in [7, 11) is 0. The molecule has 2 aliphatic rings. The summed E-state index contributed by atoms with van der Waals surface area (Å²) >= 11 is 0. The normalized spacial score (nSPS) is 20.8. The fraction of sp³-hybridized carbons (Fsp3) is 0.471. The van der Waals surface area contributed by atoms with E-state index in [1.807, 2.05) is 4.68 Å². The smallest absolute Gasteiger partial charge is 0.225 e. The summed E-state index contributed by atoms with van der Waals surface area (Å²) < 4.78 is 7.53. The Bertz CT molecular complexity index is 709. The van der Waals surface area contributed by atoms with Gasteiger partial charge in [0.05, 0.1) is 19.1 Å². The minimum absolute atomic E-state index is 0.0905. The number of amides is 1. The number of rotatable bonds is 4. The van der Waals surface area contributed by atoms with Gasteiger partial charge in [-0.2, -0.15) is 5.10 Å². The summed E-state index contributed by atoms with van der Waals surface area (Å²) in [6.45, 7) is 1.43. The molecular weight excluding hydrogens is 292 g/mol. The first-order valence-electron chi connectivity index (χ1n) is 8.09. The molecule has 1 aromatic heterocycles. The predicted octanol–water partition coefficient (Wildman–Crippen LogP) is 1.15. The van der Waals surface area contributed by atoms with E-state index in [-0.39, 0.29) is 18.4 Å². The molecule has 0 unspecified atom stereocenters. The van der Waals surface area contributed by atoms with E-state index in [2.05, 4.69) is 34.3 Å². The van der Waals surface area contributed by atoms with E-state index in [9.17, 15) is 4.79 Å². The predicted molar refractivity (Wildman–Crippen MR) is 84.0 cm³/mol. The third-order valence-corrected chi connectivity index (χ3v) is 4.70. The maximum atomic E-state index is 11.2. The molecule has 6 nitrogen and oxygen atoms in total. The first-order valence-corrected chi connectivity index (χ1v) is 8.09. The van der Waals surface area contributed by atoms with E-state index < -0.39 is 5.91 Å². The lowest BCUT2D eigenvalue weighted by Gasteiger charge is -2.15. The average molecular weight is 312 g/mol. The Balaban J connectivity index is 1.66. The standard InChI is InChI=1S/C17H20N4O2/c18-15(22)9-16-19-17(13-5-6-23-10-13)21(20-16)14-7-11-3-1-2-4-12(11)8-14/h1-4,13-14H,5-10H2,(H2,18,22)/t13-/m0/s1. The third kappa shape index (κ3) is 2.74. The average Bonchev–Trinajstić information content (AvgIpc) is 3.24. The second-order valence-electron chi connectivity index (χ2n) is 6.37. The molecular formula is C17H20N4O2. The van der Waals surface area contributed by atoms with Gasteiger partial charge >= 0.3 is 0 Å². The molecule has 1 fully saturated rings. The van der Waals surface area contributed by atoms with Crippen molar-refractivity contribution in [3.8, 4) is 0 Å². The SMILES string of the molecule is NC(=O)Cc1nc([C@H]2CCOC2)n(C2Cc3ccccc3C2)n1. The minimum atomic E-state index is -0.397. The van der Waals surface area contributed by atoms with Crippen LogP contribution in [0.2, 0.25) is 0 Å². The summed E-state index contributed by atoms with van der Waals surface area (Å²) in [5.74, 6) is 1.32. The van der Waals surface area contributed by atoms with Crippen molar-refractivity contribution >= 4 is 5.91 Å². The van der Waals surface area contributed by atoms with Crippen LogP contribution in [0.15, 0.2) is 24.3 Å². The van der Waals surface area contributed by atoms with Crippen molar-refractivity contribution in [3.05, 3.63) is 47.0 Å². The van der Waals surface area contributed by atoms with E-state index in [0.29, 0.717) is 12.4 Å². The molecule has 6 heteroatoms. The van der Waals surface area contributed by atoms with E-state index >= 15 is 0 Å². The highest BCUT2D eigenvalue weighted by atomic mass is 16.5. The highest BCUT2D eigenvalue weighted by molar-refractivity contribution is 5.75. The summed E-state index contributed by atoms with van der Waals surface area (Å²) in [4.78, 5) is 15.8. The molecule has 2 N–H and O–H groups in total. The zero-order valence-electron chi connectivity index (χ0n) is 12.9. The van der Waals surface area contributed by atoms with Crippen molar-refractivity contribution in [1.29, 1.82) is 0 Å². The van der Waals surface area contributed by atoms with Crippen LogP contribution >= 0.6 is 0 Å². The molecule has 2 heterocycles. The highest BCUT2D eigenvalue weighted by Gasteiger charge is 2.31. The van der Waals surface area contributed by atoms with Crippen LogP contribution in [0.3, 0.4) is 0 Å². The second-order valence-corrected chi connectivity index (χ2v) is 6.37. The maximum Gasteiger partial charge on any atom is 0.225 e. The quantitative estimate of drug-likeness (QED) is 0.918. The number of aromatic nitrogens is 3. The van der Waals surface area contributed by atoms with Gasteiger partial charge in [0, 0.05) is 12.5 Å². The van der Waals surface area contributed by atoms with Crippen LogP contribution in [0.4, 0.5) is 0 Å². The Labute approximate surface area is 134 Å². The zero-order valence-corrected chi connectivity index (χ0v) is 12.9. The van der Waals surface area contributed by atoms with Crippen LogP contribution in [0.5, 0.6) is 0 Å². The zero-order chi connectivity index (χ0) is 15.8. The number of hydrogen-bond donors (Lipinski definition) is 1.